The van der Waals surface area contributed by atoms with Crippen LogP contribution in [0.25, 0.3) is 11.1 Å². The topological polar surface area (TPSA) is 55.6 Å². The van der Waals surface area contributed by atoms with E-state index in [0.29, 0.717) is 13.1 Å². The van der Waals surface area contributed by atoms with E-state index in [4.69, 9.17) is 10.5 Å². The van der Waals surface area contributed by atoms with Crippen molar-refractivity contribution in [2.75, 3.05) is 13.1 Å². The smallest absolute Gasteiger partial charge is 0.410 e. The van der Waals surface area contributed by atoms with E-state index in [1.807, 2.05) is 39.0 Å². The summed E-state index contributed by atoms with van der Waals surface area (Å²) in [6, 6.07) is 18.8. The van der Waals surface area contributed by atoms with Gasteiger partial charge in [0.25, 0.3) is 0 Å². The minimum Gasteiger partial charge on any atom is -0.444 e. The summed E-state index contributed by atoms with van der Waals surface area (Å²) in [5.41, 5.74) is 9.60. The van der Waals surface area contributed by atoms with Gasteiger partial charge in [0, 0.05) is 25.0 Å². The van der Waals surface area contributed by atoms with E-state index < -0.39 is 5.60 Å². The first-order valence-electron chi connectivity index (χ1n) is 9.22. The van der Waals surface area contributed by atoms with Crippen LogP contribution in [0.1, 0.15) is 38.7 Å². The van der Waals surface area contributed by atoms with Gasteiger partial charge in [-0.3, -0.25) is 0 Å². The number of rotatable bonds is 2. The first-order chi connectivity index (χ1) is 12.3. The summed E-state index contributed by atoms with van der Waals surface area (Å²) >= 11 is 0. The molecule has 0 bridgehead atoms. The molecule has 0 aromatic heterocycles. The summed E-state index contributed by atoms with van der Waals surface area (Å²) in [4.78, 5) is 14.0. The van der Waals surface area contributed by atoms with Crippen molar-refractivity contribution >= 4 is 6.09 Å². The van der Waals surface area contributed by atoms with E-state index >= 15 is 0 Å². The zero-order valence-corrected chi connectivity index (χ0v) is 15.8. The van der Waals surface area contributed by atoms with Crippen molar-refractivity contribution in [3.8, 4) is 11.1 Å². The van der Waals surface area contributed by atoms with E-state index in [9.17, 15) is 4.79 Å². The van der Waals surface area contributed by atoms with E-state index in [0.717, 1.165) is 6.42 Å². The van der Waals surface area contributed by atoms with E-state index in [2.05, 4.69) is 36.4 Å². The van der Waals surface area contributed by atoms with E-state index in [1.165, 1.54) is 16.7 Å². The first-order valence-corrected chi connectivity index (χ1v) is 9.22. The standard InChI is InChI=1S/C22H28N2O2/c1-22(2,3)26-21(25)24-13-12-19(20(23)15-24)18-11-7-10-17(14-18)16-8-5-4-6-9-16/h4-11,14,19-20H,12-13,15,23H2,1-3H3/t19-,20+/m1/s1. The van der Waals surface area contributed by atoms with Gasteiger partial charge in [0.1, 0.15) is 5.60 Å². The average molecular weight is 352 g/mol. The number of ether oxygens (including phenoxy) is 1. The number of carbonyl (C=O) groups excluding carboxylic acids is 1. The maximum Gasteiger partial charge on any atom is 0.410 e. The maximum absolute atomic E-state index is 12.3. The number of carbonyl (C=O) groups is 1. The lowest BCUT2D eigenvalue weighted by atomic mass is 9.84. The monoisotopic (exact) mass is 352 g/mol. The molecule has 1 fully saturated rings. The number of hydrogen-bond acceptors (Lipinski definition) is 3. The second-order valence-electron chi connectivity index (χ2n) is 7.98. The molecular formula is C22H28N2O2. The number of amides is 1. The van der Waals surface area contributed by atoms with Crippen LogP contribution in [0.5, 0.6) is 0 Å². The number of nitrogens with zero attached hydrogens (tertiary/aromatic N) is 1. The minimum atomic E-state index is -0.484. The van der Waals surface area contributed by atoms with Gasteiger partial charge in [-0.1, -0.05) is 54.6 Å². The predicted molar refractivity (Wildman–Crippen MR) is 105 cm³/mol. The number of hydrogen-bond donors (Lipinski definition) is 1. The van der Waals surface area contributed by atoms with Crippen molar-refractivity contribution in [2.45, 2.75) is 44.8 Å². The number of piperidine rings is 1. The Morgan fingerprint density at radius 1 is 1.08 bits per heavy atom. The predicted octanol–water partition coefficient (Wildman–Crippen LogP) is 4.41. The molecule has 2 aromatic carbocycles. The van der Waals surface area contributed by atoms with Gasteiger partial charge >= 0.3 is 6.09 Å². The second-order valence-corrected chi connectivity index (χ2v) is 7.98. The molecule has 2 N–H and O–H groups in total. The molecule has 4 nitrogen and oxygen atoms in total. The fraction of sp³-hybridized carbons (Fsp3) is 0.409. The Morgan fingerprint density at radius 2 is 1.77 bits per heavy atom. The van der Waals surface area contributed by atoms with Crippen LogP contribution < -0.4 is 5.73 Å². The van der Waals surface area contributed by atoms with Gasteiger partial charge in [-0.2, -0.15) is 0 Å². The Labute approximate surface area is 156 Å². The number of likely N-dealkylation sites (tertiary alicyclic amines) is 1. The van der Waals surface area contributed by atoms with Gasteiger partial charge in [0.05, 0.1) is 0 Å². The van der Waals surface area contributed by atoms with Gasteiger partial charge in [-0.15, -0.1) is 0 Å². The maximum atomic E-state index is 12.3. The highest BCUT2D eigenvalue weighted by molar-refractivity contribution is 5.68. The van der Waals surface area contributed by atoms with Crippen LogP contribution in [0.15, 0.2) is 54.6 Å². The molecule has 2 aromatic rings. The van der Waals surface area contributed by atoms with Crippen molar-refractivity contribution in [3.05, 3.63) is 60.2 Å². The van der Waals surface area contributed by atoms with Crippen LogP contribution in [0.2, 0.25) is 0 Å². The number of benzene rings is 2. The molecule has 1 aliphatic heterocycles. The quantitative estimate of drug-likeness (QED) is 0.871. The fourth-order valence-corrected chi connectivity index (χ4v) is 3.47. The third kappa shape index (κ3) is 4.44. The average Bonchev–Trinajstić information content (AvgIpc) is 2.61. The van der Waals surface area contributed by atoms with Crippen LogP contribution in [0.3, 0.4) is 0 Å². The van der Waals surface area contributed by atoms with E-state index in [1.54, 1.807) is 4.90 Å². The number of nitrogens with two attached hydrogens (primary N) is 1. The molecule has 2 atom stereocenters. The van der Waals surface area contributed by atoms with Crippen molar-refractivity contribution in [2.24, 2.45) is 5.73 Å². The second kappa shape index (κ2) is 7.50. The molecule has 4 heteroatoms. The largest absolute Gasteiger partial charge is 0.444 e. The van der Waals surface area contributed by atoms with Crippen LogP contribution >= 0.6 is 0 Å². The lowest BCUT2D eigenvalue weighted by Crippen LogP contribution is -2.50. The SMILES string of the molecule is CC(C)(C)OC(=O)N1CC[C@H](c2cccc(-c3ccccc3)c2)[C@@H](N)C1. The van der Waals surface area contributed by atoms with Gasteiger partial charge in [-0.05, 0) is 43.9 Å². The summed E-state index contributed by atoms with van der Waals surface area (Å²) in [5.74, 6) is 0.248. The van der Waals surface area contributed by atoms with Gasteiger partial charge in [0.2, 0.25) is 0 Å². The molecule has 26 heavy (non-hydrogen) atoms. The van der Waals surface area contributed by atoms with E-state index in [-0.39, 0.29) is 18.1 Å². The van der Waals surface area contributed by atoms with Crippen molar-refractivity contribution in [3.63, 3.8) is 0 Å². The highest BCUT2D eigenvalue weighted by Gasteiger charge is 2.32. The van der Waals surface area contributed by atoms with Gasteiger partial charge in [-0.25, -0.2) is 4.79 Å². The molecule has 138 valence electrons. The Kier molecular flexibility index (Phi) is 5.33. The molecule has 1 heterocycles. The minimum absolute atomic E-state index is 0.0951. The summed E-state index contributed by atoms with van der Waals surface area (Å²) in [6.45, 7) is 6.84. The van der Waals surface area contributed by atoms with Crippen LogP contribution in [0, 0.1) is 0 Å². The molecule has 0 saturated carbocycles. The lowest BCUT2D eigenvalue weighted by molar-refractivity contribution is 0.0186. The molecule has 1 saturated heterocycles. The summed E-state index contributed by atoms with van der Waals surface area (Å²) in [5, 5.41) is 0. The molecule has 3 rings (SSSR count). The fourth-order valence-electron chi connectivity index (χ4n) is 3.47. The zero-order chi connectivity index (χ0) is 18.7. The molecule has 0 spiro atoms. The molecular weight excluding hydrogens is 324 g/mol. The van der Waals surface area contributed by atoms with Crippen molar-refractivity contribution < 1.29 is 9.53 Å². The Bertz CT molecular complexity index is 752. The highest BCUT2D eigenvalue weighted by Crippen LogP contribution is 2.31. The van der Waals surface area contributed by atoms with Gasteiger partial charge < -0.3 is 15.4 Å². The summed E-state index contributed by atoms with van der Waals surface area (Å²) < 4.78 is 5.47. The third-order valence-electron chi connectivity index (χ3n) is 4.73. The summed E-state index contributed by atoms with van der Waals surface area (Å²) in [6.07, 6.45) is 0.572. The highest BCUT2D eigenvalue weighted by atomic mass is 16.6. The normalized spacial score (nSPS) is 20.7. The van der Waals surface area contributed by atoms with Crippen LogP contribution in [0.4, 0.5) is 4.79 Å². The first kappa shape index (κ1) is 18.5. The zero-order valence-electron chi connectivity index (χ0n) is 15.8. The molecule has 0 radical (unpaired) electrons. The third-order valence-corrected chi connectivity index (χ3v) is 4.73. The van der Waals surface area contributed by atoms with Crippen molar-refractivity contribution in [1.29, 1.82) is 0 Å². The van der Waals surface area contributed by atoms with Crippen LogP contribution in [-0.2, 0) is 4.74 Å². The Balaban J connectivity index is 1.71. The lowest BCUT2D eigenvalue weighted by Gasteiger charge is -2.37. The van der Waals surface area contributed by atoms with Crippen LogP contribution in [-0.4, -0.2) is 35.7 Å². The van der Waals surface area contributed by atoms with Gasteiger partial charge in [0.15, 0.2) is 0 Å². The molecule has 1 aliphatic rings. The molecule has 0 aliphatic carbocycles. The Morgan fingerprint density at radius 3 is 2.42 bits per heavy atom. The molecule has 1 amide bonds. The Hall–Kier alpha value is -2.33. The summed E-state index contributed by atoms with van der Waals surface area (Å²) in [7, 11) is 0. The van der Waals surface area contributed by atoms with Crippen molar-refractivity contribution in [1.82, 2.24) is 4.90 Å². The molecule has 0 unspecified atom stereocenters.